The van der Waals surface area contributed by atoms with Crippen LogP contribution in [-0.2, 0) is 5.41 Å². The maximum Gasteiger partial charge on any atom is 0.00695 e. The summed E-state index contributed by atoms with van der Waals surface area (Å²) in [6, 6.07) is 10.4. The van der Waals surface area contributed by atoms with Gasteiger partial charge in [0.05, 0.1) is 0 Å². The van der Waals surface area contributed by atoms with Crippen LogP contribution in [0.5, 0.6) is 0 Å². The summed E-state index contributed by atoms with van der Waals surface area (Å²) in [5, 5.41) is 0. The van der Waals surface area contributed by atoms with E-state index in [-0.39, 0.29) is 5.41 Å². The Morgan fingerprint density at radius 2 is 1.62 bits per heavy atom. The van der Waals surface area contributed by atoms with Gasteiger partial charge in [-0.05, 0) is 58.1 Å². The van der Waals surface area contributed by atoms with Gasteiger partial charge in [-0.25, -0.2) is 0 Å². The molecule has 0 radical (unpaired) electrons. The van der Waals surface area contributed by atoms with E-state index in [4.69, 9.17) is 0 Å². The second kappa shape index (κ2) is 7.98. The van der Waals surface area contributed by atoms with E-state index in [0.717, 1.165) is 0 Å². The molecule has 0 heterocycles. The van der Waals surface area contributed by atoms with Crippen molar-refractivity contribution < 1.29 is 0 Å². The molecule has 0 saturated heterocycles. The number of rotatable bonds is 8. The lowest BCUT2D eigenvalue weighted by Crippen LogP contribution is -2.41. The van der Waals surface area contributed by atoms with E-state index in [9.17, 15) is 0 Å². The van der Waals surface area contributed by atoms with Crippen LogP contribution in [0.3, 0.4) is 0 Å². The largest absolute Gasteiger partial charge is 0.298 e. The molecule has 0 spiro atoms. The molecule has 0 bridgehead atoms. The van der Waals surface area contributed by atoms with Crippen LogP contribution in [0.15, 0.2) is 24.3 Å². The number of benzene rings is 1. The third-order valence-corrected chi connectivity index (χ3v) is 4.76. The SMILES string of the molecule is CCCC(C)N(CCC(C)(C)c1ccc(C)cc1)C(C)C. The molecule has 120 valence electrons. The van der Waals surface area contributed by atoms with Crippen molar-refractivity contribution in [3.63, 3.8) is 0 Å². The Hall–Kier alpha value is -0.820. The number of hydrogen-bond acceptors (Lipinski definition) is 1. The van der Waals surface area contributed by atoms with E-state index in [1.807, 2.05) is 0 Å². The Morgan fingerprint density at radius 1 is 1.05 bits per heavy atom. The third kappa shape index (κ3) is 5.47. The molecule has 0 aromatic heterocycles. The summed E-state index contributed by atoms with van der Waals surface area (Å²) in [7, 11) is 0. The van der Waals surface area contributed by atoms with Gasteiger partial charge in [-0.2, -0.15) is 0 Å². The molecule has 0 amide bonds. The number of hydrogen-bond donors (Lipinski definition) is 0. The zero-order chi connectivity index (χ0) is 16.0. The van der Waals surface area contributed by atoms with Crippen molar-refractivity contribution in [2.45, 2.75) is 85.2 Å². The molecule has 1 aromatic carbocycles. The van der Waals surface area contributed by atoms with Crippen molar-refractivity contribution in [2.24, 2.45) is 0 Å². The van der Waals surface area contributed by atoms with Gasteiger partial charge < -0.3 is 0 Å². The summed E-state index contributed by atoms with van der Waals surface area (Å²) >= 11 is 0. The second-order valence-electron chi connectivity index (χ2n) is 7.47. The van der Waals surface area contributed by atoms with Gasteiger partial charge in [0.1, 0.15) is 0 Å². The maximum absolute atomic E-state index is 2.67. The molecule has 1 rings (SSSR count). The van der Waals surface area contributed by atoms with Gasteiger partial charge in [0.2, 0.25) is 0 Å². The summed E-state index contributed by atoms with van der Waals surface area (Å²) in [5.74, 6) is 0. The van der Waals surface area contributed by atoms with Gasteiger partial charge >= 0.3 is 0 Å². The zero-order valence-corrected chi connectivity index (χ0v) is 15.2. The minimum atomic E-state index is 0.243. The van der Waals surface area contributed by atoms with Gasteiger partial charge in [-0.3, -0.25) is 4.90 Å². The molecule has 1 heteroatoms. The van der Waals surface area contributed by atoms with Crippen LogP contribution in [0.2, 0.25) is 0 Å². The van der Waals surface area contributed by atoms with E-state index < -0.39 is 0 Å². The molecule has 0 aliphatic carbocycles. The van der Waals surface area contributed by atoms with Crippen LogP contribution in [-0.4, -0.2) is 23.5 Å². The molecule has 1 unspecified atom stereocenters. The summed E-state index contributed by atoms with van der Waals surface area (Å²) < 4.78 is 0. The minimum absolute atomic E-state index is 0.243. The zero-order valence-electron chi connectivity index (χ0n) is 15.2. The summed E-state index contributed by atoms with van der Waals surface area (Å²) in [5.41, 5.74) is 3.04. The molecule has 0 saturated carbocycles. The molecule has 1 aromatic rings. The van der Waals surface area contributed by atoms with E-state index >= 15 is 0 Å². The molecule has 0 N–H and O–H groups in total. The first-order valence-electron chi connectivity index (χ1n) is 8.60. The molecule has 0 fully saturated rings. The van der Waals surface area contributed by atoms with E-state index in [1.54, 1.807) is 0 Å². The van der Waals surface area contributed by atoms with Gasteiger partial charge in [-0.15, -0.1) is 0 Å². The standard InChI is InChI=1S/C20H35N/c1-8-9-18(5)21(16(2)3)15-14-20(6,7)19-12-10-17(4)11-13-19/h10-13,16,18H,8-9,14-15H2,1-7H3. The Morgan fingerprint density at radius 3 is 2.10 bits per heavy atom. The lowest BCUT2D eigenvalue weighted by Gasteiger charge is -2.36. The summed E-state index contributed by atoms with van der Waals surface area (Å²) in [6.07, 6.45) is 3.77. The summed E-state index contributed by atoms with van der Waals surface area (Å²) in [4.78, 5) is 2.67. The van der Waals surface area contributed by atoms with Crippen LogP contribution < -0.4 is 0 Å². The monoisotopic (exact) mass is 289 g/mol. The lowest BCUT2D eigenvalue weighted by atomic mass is 9.81. The molecule has 21 heavy (non-hydrogen) atoms. The predicted octanol–water partition coefficient (Wildman–Crippen LogP) is 5.56. The molecular weight excluding hydrogens is 254 g/mol. The Bertz CT molecular complexity index is 402. The van der Waals surface area contributed by atoms with Crippen molar-refractivity contribution in [3.05, 3.63) is 35.4 Å². The highest BCUT2D eigenvalue weighted by atomic mass is 15.2. The van der Waals surface area contributed by atoms with Crippen LogP contribution in [0.4, 0.5) is 0 Å². The van der Waals surface area contributed by atoms with Crippen molar-refractivity contribution in [3.8, 4) is 0 Å². The first-order valence-corrected chi connectivity index (χ1v) is 8.60. The molecule has 0 aliphatic rings. The van der Waals surface area contributed by atoms with E-state index in [0.29, 0.717) is 12.1 Å². The van der Waals surface area contributed by atoms with Gasteiger partial charge in [0.25, 0.3) is 0 Å². The van der Waals surface area contributed by atoms with Crippen LogP contribution in [0, 0.1) is 6.92 Å². The Kier molecular flexibility index (Phi) is 6.93. The summed E-state index contributed by atoms with van der Waals surface area (Å²) in [6.45, 7) is 17.4. The fraction of sp³-hybridized carbons (Fsp3) is 0.700. The van der Waals surface area contributed by atoms with E-state index in [2.05, 4.69) is 77.6 Å². The normalized spacial score (nSPS) is 14.0. The van der Waals surface area contributed by atoms with Gasteiger partial charge in [0.15, 0.2) is 0 Å². The first-order chi connectivity index (χ1) is 9.77. The first kappa shape index (κ1) is 18.2. The average molecular weight is 290 g/mol. The quantitative estimate of drug-likeness (QED) is 0.605. The van der Waals surface area contributed by atoms with Crippen LogP contribution >= 0.6 is 0 Å². The van der Waals surface area contributed by atoms with Crippen LogP contribution in [0.25, 0.3) is 0 Å². The number of nitrogens with zero attached hydrogens (tertiary/aromatic N) is 1. The highest BCUT2D eigenvalue weighted by Crippen LogP contribution is 2.28. The highest BCUT2D eigenvalue weighted by Gasteiger charge is 2.24. The van der Waals surface area contributed by atoms with Gasteiger partial charge in [0, 0.05) is 12.1 Å². The van der Waals surface area contributed by atoms with Crippen LogP contribution in [0.1, 0.15) is 71.9 Å². The number of aryl methyl sites for hydroxylation is 1. The Labute approximate surface area is 132 Å². The fourth-order valence-electron chi connectivity index (χ4n) is 3.13. The molecule has 1 atom stereocenters. The fourth-order valence-corrected chi connectivity index (χ4v) is 3.13. The smallest absolute Gasteiger partial charge is 0.00695 e. The Balaban J connectivity index is 2.71. The van der Waals surface area contributed by atoms with Crippen molar-refractivity contribution in [1.82, 2.24) is 4.90 Å². The molecule has 1 nitrogen and oxygen atoms in total. The van der Waals surface area contributed by atoms with Crippen molar-refractivity contribution >= 4 is 0 Å². The lowest BCUT2D eigenvalue weighted by molar-refractivity contribution is 0.143. The third-order valence-electron chi connectivity index (χ3n) is 4.76. The maximum atomic E-state index is 2.67. The topological polar surface area (TPSA) is 3.24 Å². The van der Waals surface area contributed by atoms with Crippen molar-refractivity contribution in [1.29, 1.82) is 0 Å². The average Bonchev–Trinajstić information content (AvgIpc) is 2.39. The highest BCUT2D eigenvalue weighted by molar-refractivity contribution is 5.27. The molecule has 0 aliphatic heterocycles. The van der Waals surface area contributed by atoms with Crippen molar-refractivity contribution in [2.75, 3.05) is 6.54 Å². The van der Waals surface area contributed by atoms with Gasteiger partial charge in [-0.1, -0.05) is 57.0 Å². The molecular formula is C20H35N. The van der Waals surface area contributed by atoms with E-state index in [1.165, 1.54) is 36.9 Å². The predicted molar refractivity (Wildman–Crippen MR) is 95.0 cm³/mol. The second-order valence-corrected chi connectivity index (χ2v) is 7.47. The minimum Gasteiger partial charge on any atom is -0.298 e.